The van der Waals surface area contributed by atoms with Gasteiger partial charge in [0.15, 0.2) is 0 Å². The maximum absolute atomic E-state index is 12.3. The third-order valence-electron chi connectivity index (χ3n) is 3.36. The summed E-state index contributed by atoms with van der Waals surface area (Å²) in [6.07, 6.45) is 0.599. The van der Waals surface area contributed by atoms with Crippen molar-refractivity contribution in [2.75, 3.05) is 7.11 Å². The van der Waals surface area contributed by atoms with Gasteiger partial charge in [-0.15, -0.1) is 0 Å². The summed E-state index contributed by atoms with van der Waals surface area (Å²) in [6.45, 7) is 3.78. The summed E-state index contributed by atoms with van der Waals surface area (Å²) in [7, 11) is -1.88. The lowest BCUT2D eigenvalue weighted by atomic mass is 10.1. The van der Waals surface area contributed by atoms with Crippen LogP contribution >= 0.6 is 0 Å². The van der Waals surface area contributed by atoms with E-state index in [0.717, 1.165) is 16.9 Å². The SMILES string of the molecule is COc1cccc(CC(C)NS(=O)(=O)c2ccc(C)cc2)c1. The summed E-state index contributed by atoms with van der Waals surface area (Å²) in [5, 5.41) is 0. The molecule has 0 saturated heterocycles. The zero-order chi connectivity index (χ0) is 16.2. The Labute approximate surface area is 132 Å². The number of benzene rings is 2. The van der Waals surface area contributed by atoms with Crippen LogP contribution in [0.5, 0.6) is 5.75 Å². The van der Waals surface area contributed by atoms with Crippen molar-refractivity contribution in [2.24, 2.45) is 0 Å². The third kappa shape index (κ3) is 4.32. The first kappa shape index (κ1) is 16.5. The van der Waals surface area contributed by atoms with E-state index in [2.05, 4.69) is 4.72 Å². The van der Waals surface area contributed by atoms with E-state index in [-0.39, 0.29) is 10.9 Å². The first-order valence-electron chi connectivity index (χ1n) is 7.12. The predicted molar refractivity (Wildman–Crippen MR) is 87.7 cm³/mol. The van der Waals surface area contributed by atoms with E-state index in [1.54, 1.807) is 31.4 Å². The highest BCUT2D eigenvalue weighted by molar-refractivity contribution is 7.89. The summed E-state index contributed by atoms with van der Waals surface area (Å²) >= 11 is 0. The van der Waals surface area contributed by atoms with Gasteiger partial charge in [0.25, 0.3) is 0 Å². The molecular formula is C17H21NO3S. The summed E-state index contributed by atoms with van der Waals surface area (Å²) in [4.78, 5) is 0.288. The molecule has 5 heteroatoms. The average molecular weight is 319 g/mol. The Bertz CT molecular complexity index is 724. The van der Waals surface area contributed by atoms with Crippen LogP contribution in [0.2, 0.25) is 0 Å². The molecule has 0 aromatic heterocycles. The van der Waals surface area contributed by atoms with E-state index in [9.17, 15) is 8.42 Å². The number of sulfonamides is 1. The van der Waals surface area contributed by atoms with Gasteiger partial charge in [-0.1, -0.05) is 29.8 Å². The molecule has 2 aromatic rings. The number of hydrogen-bond acceptors (Lipinski definition) is 3. The number of methoxy groups -OCH3 is 1. The normalized spacial score (nSPS) is 12.9. The van der Waals surface area contributed by atoms with Crippen LogP contribution in [0, 0.1) is 6.92 Å². The number of ether oxygens (including phenoxy) is 1. The van der Waals surface area contributed by atoms with Gasteiger partial charge >= 0.3 is 0 Å². The molecule has 118 valence electrons. The van der Waals surface area contributed by atoms with E-state index < -0.39 is 10.0 Å². The summed E-state index contributed by atoms with van der Waals surface area (Å²) in [5.74, 6) is 0.770. The van der Waals surface area contributed by atoms with Gasteiger partial charge < -0.3 is 4.74 Å². The largest absolute Gasteiger partial charge is 0.497 e. The first-order valence-corrected chi connectivity index (χ1v) is 8.61. The van der Waals surface area contributed by atoms with Gasteiger partial charge in [-0.3, -0.25) is 0 Å². The molecular weight excluding hydrogens is 298 g/mol. The zero-order valence-electron chi connectivity index (χ0n) is 13.0. The van der Waals surface area contributed by atoms with Crippen molar-refractivity contribution < 1.29 is 13.2 Å². The number of nitrogens with one attached hydrogen (secondary N) is 1. The molecule has 0 heterocycles. The van der Waals surface area contributed by atoms with Crippen LogP contribution in [0.15, 0.2) is 53.4 Å². The Balaban J connectivity index is 2.07. The average Bonchev–Trinajstić information content (AvgIpc) is 2.47. The van der Waals surface area contributed by atoms with E-state index >= 15 is 0 Å². The van der Waals surface area contributed by atoms with Gasteiger partial charge in [-0.05, 0) is 50.1 Å². The topological polar surface area (TPSA) is 55.4 Å². The number of aryl methyl sites for hydroxylation is 1. The molecule has 1 unspecified atom stereocenters. The van der Waals surface area contributed by atoms with E-state index in [4.69, 9.17) is 4.74 Å². The van der Waals surface area contributed by atoms with Crippen LogP contribution in [0.4, 0.5) is 0 Å². The smallest absolute Gasteiger partial charge is 0.240 e. The second kappa shape index (κ2) is 6.94. The molecule has 0 aliphatic rings. The lowest BCUT2D eigenvalue weighted by molar-refractivity contribution is 0.414. The summed E-state index contributed by atoms with van der Waals surface area (Å²) < 4.78 is 32.6. The second-order valence-corrected chi connectivity index (χ2v) is 7.11. The highest BCUT2D eigenvalue weighted by Gasteiger charge is 2.17. The van der Waals surface area contributed by atoms with Gasteiger partial charge in [0, 0.05) is 6.04 Å². The maximum atomic E-state index is 12.3. The minimum Gasteiger partial charge on any atom is -0.497 e. The Morgan fingerprint density at radius 2 is 1.82 bits per heavy atom. The molecule has 0 aliphatic carbocycles. The highest BCUT2D eigenvalue weighted by atomic mass is 32.2. The molecule has 1 N–H and O–H groups in total. The highest BCUT2D eigenvalue weighted by Crippen LogP contribution is 2.15. The second-order valence-electron chi connectivity index (χ2n) is 5.39. The monoisotopic (exact) mass is 319 g/mol. The fourth-order valence-electron chi connectivity index (χ4n) is 2.24. The summed E-state index contributed by atoms with van der Waals surface area (Å²) in [5.41, 5.74) is 2.06. The Morgan fingerprint density at radius 1 is 1.14 bits per heavy atom. The standard InChI is InChI=1S/C17H21NO3S/c1-13-7-9-17(10-8-13)22(19,20)18-14(2)11-15-5-4-6-16(12-15)21-3/h4-10,12,14,18H,11H2,1-3H3. The van der Waals surface area contributed by atoms with Gasteiger partial charge in [0.1, 0.15) is 5.75 Å². The zero-order valence-corrected chi connectivity index (χ0v) is 13.9. The van der Waals surface area contributed by atoms with Gasteiger partial charge in [0.2, 0.25) is 10.0 Å². The lowest BCUT2D eigenvalue weighted by Gasteiger charge is -2.15. The maximum Gasteiger partial charge on any atom is 0.240 e. The Kier molecular flexibility index (Phi) is 5.21. The van der Waals surface area contributed by atoms with Crippen molar-refractivity contribution >= 4 is 10.0 Å². The minimum atomic E-state index is -3.49. The van der Waals surface area contributed by atoms with Crippen LogP contribution in [0.25, 0.3) is 0 Å². The molecule has 22 heavy (non-hydrogen) atoms. The van der Waals surface area contributed by atoms with E-state index in [0.29, 0.717) is 6.42 Å². The van der Waals surface area contributed by atoms with Crippen LogP contribution in [0.1, 0.15) is 18.1 Å². The minimum absolute atomic E-state index is 0.210. The molecule has 0 radical (unpaired) electrons. The van der Waals surface area contributed by atoms with Crippen LogP contribution in [0.3, 0.4) is 0 Å². The molecule has 2 aromatic carbocycles. The molecule has 0 saturated carbocycles. The predicted octanol–water partition coefficient (Wildman–Crippen LogP) is 2.91. The number of rotatable bonds is 6. The third-order valence-corrected chi connectivity index (χ3v) is 4.97. The van der Waals surface area contributed by atoms with Crippen molar-refractivity contribution in [2.45, 2.75) is 31.2 Å². The van der Waals surface area contributed by atoms with Crippen molar-refractivity contribution in [3.63, 3.8) is 0 Å². The molecule has 2 rings (SSSR count). The molecule has 1 atom stereocenters. The van der Waals surface area contributed by atoms with Crippen molar-refractivity contribution in [3.05, 3.63) is 59.7 Å². The van der Waals surface area contributed by atoms with Crippen molar-refractivity contribution in [3.8, 4) is 5.75 Å². The van der Waals surface area contributed by atoms with Gasteiger partial charge in [0.05, 0.1) is 12.0 Å². The van der Waals surface area contributed by atoms with Crippen LogP contribution in [-0.2, 0) is 16.4 Å². The van der Waals surface area contributed by atoms with Crippen molar-refractivity contribution in [1.29, 1.82) is 0 Å². The Hall–Kier alpha value is -1.85. The lowest BCUT2D eigenvalue weighted by Crippen LogP contribution is -2.34. The first-order chi connectivity index (χ1) is 10.4. The molecule has 0 bridgehead atoms. The fourth-order valence-corrected chi connectivity index (χ4v) is 3.49. The quantitative estimate of drug-likeness (QED) is 0.890. The Morgan fingerprint density at radius 3 is 2.45 bits per heavy atom. The van der Waals surface area contributed by atoms with Gasteiger partial charge in [-0.2, -0.15) is 0 Å². The van der Waals surface area contributed by atoms with E-state index in [1.165, 1.54) is 0 Å². The molecule has 0 amide bonds. The van der Waals surface area contributed by atoms with Gasteiger partial charge in [-0.25, -0.2) is 13.1 Å². The summed E-state index contributed by atoms with van der Waals surface area (Å²) in [6, 6.07) is 14.3. The van der Waals surface area contributed by atoms with Crippen LogP contribution < -0.4 is 9.46 Å². The number of hydrogen-bond donors (Lipinski definition) is 1. The molecule has 0 fully saturated rings. The molecule has 4 nitrogen and oxygen atoms in total. The van der Waals surface area contributed by atoms with Crippen molar-refractivity contribution in [1.82, 2.24) is 4.72 Å². The molecule has 0 aliphatic heterocycles. The van der Waals surface area contributed by atoms with E-state index in [1.807, 2.05) is 38.1 Å². The van der Waals surface area contributed by atoms with Crippen LogP contribution in [-0.4, -0.2) is 21.6 Å². The molecule has 0 spiro atoms. The fraction of sp³-hybridized carbons (Fsp3) is 0.294.